The zero-order chi connectivity index (χ0) is 13.5. The molecule has 0 saturated carbocycles. The second-order valence-corrected chi connectivity index (χ2v) is 5.64. The van der Waals surface area contributed by atoms with Crippen molar-refractivity contribution >= 4 is 5.91 Å². The summed E-state index contributed by atoms with van der Waals surface area (Å²) in [6.07, 6.45) is 4.20. The van der Waals surface area contributed by atoms with E-state index in [1.54, 1.807) is 0 Å². The molecule has 0 spiro atoms. The smallest absolute Gasteiger partial charge is 0.239 e. The van der Waals surface area contributed by atoms with Gasteiger partial charge in [0.25, 0.3) is 0 Å². The molecule has 2 atom stereocenters. The number of carbonyl (C=O) groups is 1. The lowest BCUT2D eigenvalue weighted by Gasteiger charge is -2.32. The van der Waals surface area contributed by atoms with E-state index in [2.05, 4.69) is 19.2 Å². The van der Waals surface area contributed by atoms with Crippen LogP contribution in [0, 0.1) is 5.92 Å². The maximum absolute atomic E-state index is 12.3. The van der Waals surface area contributed by atoms with Crippen LogP contribution in [-0.2, 0) is 4.79 Å². The summed E-state index contributed by atoms with van der Waals surface area (Å²) in [5.41, 5.74) is 0. The molecule has 0 bridgehead atoms. The van der Waals surface area contributed by atoms with Gasteiger partial charge in [-0.05, 0) is 38.5 Å². The van der Waals surface area contributed by atoms with Gasteiger partial charge in [-0.3, -0.25) is 4.79 Å². The van der Waals surface area contributed by atoms with Crippen LogP contribution in [0.3, 0.4) is 0 Å². The minimum Gasteiger partial charge on any atom is -0.396 e. The fraction of sp³-hybridized carbons (Fsp3) is 0.929. The first-order valence-corrected chi connectivity index (χ1v) is 7.22. The van der Waals surface area contributed by atoms with Gasteiger partial charge in [-0.25, -0.2) is 0 Å². The molecule has 0 aromatic heterocycles. The van der Waals surface area contributed by atoms with Crippen LogP contribution in [0.4, 0.5) is 0 Å². The van der Waals surface area contributed by atoms with Crippen molar-refractivity contribution in [2.24, 2.45) is 5.92 Å². The third-order valence-electron chi connectivity index (χ3n) is 3.75. The molecular formula is C14H28N2O2. The van der Waals surface area contributed by atoms with Crippen molar-refractivity contribution in [3.63, 3.8) is 0 Å². The van der Waals surface area contributed by atoms with E-state index in [0.29, 0.717) is 12.3 Å². The zero-order valence-electron chi connectivity index (χ0n) is 12.0. The van der Waals surface area contributed by atoms with Crippen molar-refractivity contribution in [2.45, 2.75) is 58.5 Å². The average molecular weight is 256 g/mol. The van der Waals surface area contributed by atoms with E-state index in [1.165, 1.54) is 6.42 Å². The van der Waals surface area contributed by atoms with E-state index in [4.69, 9.17) is 5.11 Å². The summed E-state index contributed by atoms with van der Waals surface area (Å²) in [5.74, 6) is 0.632. The van der Waals surface area contributed by atoms with E-state index in [1.807, 2.05) is 11.8 Å². The van der Waals surface area contributed by atoms with Crippen LogP contribution in [-0.4, -0.2) is 47.7 Å². The number of hydrogen-bond acceptors (Lipinski definition) is 3. The predicted octanol–water partition coefficient (Wildman–Crippen LogP) is 1.38. The lowest BCUT2D eigenvalue weighted by molar-refractivity contribution is -0.134. The molecule has 4 nitrogen and oxygen atoms in total. The van der Waals surface area contributed by atoms with E-state index in [9.17, 15) is 4.79 Å². The molecular weight excluding hydrogens is 228 g/mol. The molecule has 1 aliphatic rings. The van der Waals surface area contributed by atoms with Crippen LogP contribution >= 0.6 is 0 Å². The van der Waals surface area contributed by atoms with Gasteiger partial charge in [0.15, 0.2) is 0 Å². The molecule has 0 radical (unpaired) electrons. The van der Waals surface area contributed by atoms with E-state index in [-0.39, 0.29) is 24.6 Å². The third kappa shape index (κ3) is 4.58. The summed E-state index contributed by atoms with van der Waals surface area (Å²) < 4.78 is 0. The monoisotopic (exact) mass is 256 g/mol. The SMILES string of the molecule is CC(NC(CCO)C(C)C)C(=O)N1CCCCC1. The largest absolute Gasteiger partial charge is 0.396 e. The molecule has 106 valence electrons. The summed E-state index contributed by atoms with van der Waals surface area (Å²) in [4.78, 5) is 14.2. The number of carbonyl (C=O) groups excluding carboxylic acids is 1. The molecule has 18 heavy (non-hydrogen) atoms. The Bertz CT molecular complexity index is 250. The van der Waals surface area contributed by atoms with Gasteiger partial charge in [0.05, 0.1) is 6.04 Å². The first-order valence-electron chi connectivity index (χ1n) is 7.22. The van der Waals surface area contributed by atoms with Crippen LogP contribution < -0.4 is 5.32 Å². The number of aliphatic hydroxyl groups excluding tert-OH is 1. The Balaban J connectivity index is 2.46. The summed E-state index contributed by atoms with van der Waals surface area (Å²) in [6.45, 7) is 8.13. The van der Waals surface area contributed by atoms with Gasteiger partial charge in [0, 0.05) is 25.7 Å². The van der Waals surface area contributed by atoms with E-state index >= 15 is 0 Å². The normalized spacial score (nSPS) is 19.9. The van der Waals surface area contributed by atoms with E-state index in [0.717, 1.165) is 25.9 Å². The predicted molar refractivity (Wildman–Crippen MR) is 73.4 cm³/mol. The molecule has 2 unspecified atom stereocenters. The van der Waals surface area contributed by atoms with Gasteiger partial charge in [-0.2, -0.15) is 0 Å². The highest BCUT2D eigenvalue weighted by Gasteiger charge is 2.24. The third-order valence-corrected chi connectivity index (χ3v) is 3.75. The first kappa shape index (κ1) is 15.4. The summed E-state index contributed by atoms with van der Waals surface area (Å²) in [7, 11) is 0. The molecule has 0 aromatic rings. The molecule has 1 saturated heterocycles. The van der Waals surface area contributed by atoms with Gasteiger partial charge < -0.3 is 15.3 Å². The van der Waals surface area contributed by atoms with Crippen molar-refractivity contribution in [3.05, 3.63) is 0 Å². The van der Waals surface area contributed by atoms with Crippen LogP contribution in [0.5, 0.6) is 0 Å². The number of likely N-dealkylation sites (tertiary alicyclic amines) is 1. The highest BCUT2D eigenvalue weighted by molar-refractivity contribution is 5.81. The fourth-order valence-corrected chi connectivity index (χ4v) is 2.53. The van der Waals surface area contributed by atoms with Crippen molar-refractivity contribution in [1.29, 1.82) is 0 Å². The van der Waals surface area contributed by atoms with Crippen molar-refractivity contribution in [2.75, 3.05) is 19.7 Å². The van der Waals surface area contributed by atoms with Crippen molar-refractivity contribution in [1.82, 2.24) is 10.2 Å². The molecule has 1 fully saturated rings. The van der Waals surface area contributed by atoms with Crippen LogP contribution in [0.25, 0.3) is 0 Å². The fourth-order valence-electron chi connectivity index (χ4n) is 2.53. The van der Waals surface area contributed by atoms with E-state index < -0.39 is 0 Å². The lowest BCUT2D eigenvalue weighted by atomic mass is 10.00. The Kier molecular flexibility index (Phi) is 6.65. The highest BCUT2D eigenvalue weighted by Crippen LogP contribution is 2.12. The molecule has 1 rings (SSSR count). The number of nitrogens with zero attached hydrogens (tertiary/aromatic N) is 1. The zero-order valence-corrected chi connectivity index (χ0v) is 12.0. The molecule has 0 aromatic carbocycles. The van der Waals surface area contributed by atoms with Gasteiger partial charge in [-0.15, -0.1) is 0 Å². The molecule has 1 amide bonds. The maximum atomic E-state index is 12.3. The number of piperidine rings is 1. The van der Waals surface area contributed by atoms with Crippen LogP contribution in [0.15, 0.2) is 0 Å². The second kappa shape index (κ2) is 7.74. The van der Waals surface area contributed by atoms with Crippen molar-refractivity contribution < 1.29 is 9.90 Å². The average Bonchev–Trinajstić information content (AvgIpc) is 2.38. The highest BCUT2D eigenvalue weighted by atomic mass is 16.3. The standard InChI is InChI=1S/C14H28N2O2/c1-11(2)13(7-10-17)15-12(3)14(18)16-8-5-4-6-9-16/h11-13,15,17H,4-10H2,1-3H3. The second-order valence-electron chi connectivity index (χ2n) is 5.64. The summed E-state index contributed by atoms with van der Waals surface area (Å²) in [6, 6.07) is 0.0563. The molecule has 1 heterocycles. The number of aliphatic hydroxyl groups is 1. The topological polar surface area (TPSA) is 52.6 Å². The Hall–Kier alpha value is -0.610. The maximum Gasteiger partial charge on any atom is 0.239 e. The first-order chi connectivity index (χ1) is 8.56. The molecule has 0 aliphatic carbocycles. The number of amides is 1. The molecule has 2 N–H and O–H groups in total. The van der Waals surface area contributed by atoms with Gasteiger partial charge in [-0.1, -0.05) is 13.8 Å². The summed E-state index contributed by atoms with van der Waals surface area (Å²) >= 11 is 0. The lowest BCUT2D eigenvalue weighted by Crippen LogP contribution is -2.51. The van der Waals surface area contributed by atoms with Crippen molar-refractivity contribution in [3.8, 4) is 0 Å². The quantitative estimate of drug-likeness (QED) is 0.755. The molecule has 1 aliphatic heterocycles. The van der Waals surface area contributed by atoms with Gasteiger partial charge in [0.2, 0.25) is 5.91 Å². The summed E-state index contributed by atoms with van der Waals surface area (Å²) in [5, 5.41) is 12.4. The Labute approximate surface area is 111 Å². The van der Waals surface area contributed by atoms with Crippen LogP contribution in [0.2, 0.25) is 0 Å². The number of rotatable bonds is 6. The van der Waals surface area contributed by atoms with Crippen LogP contribution in [0.1, 0.15) is 46.5 Å². The minimum absolute atomic E-state index is 0.151. The van der Waals surface area contributed by atoms with Gasteiger partial charge >= 0.3 is 0 Å². The molecule has 4 heteroatoms. The Morgan fingerprint density at radius 1 is 1.22 bits per heavy atom. The van der Waals surface area contributed by atoms with Gasteiger partial charge in [0.1, 0.15) is 0 Å². The Morgan fingerprint density at radius 2 is 1.83 bits per heavy atom. The number of hydrogen-bond donors (Lipinski definition) is 2. The Morgan fingerprint density at radius 3 is 2.33 bits per heavy atom. The minimum atomic E-state index is -0.151. The number of nitrogens with one attached hydrogen (secondary N) is 1.